The number of hydrogen-bond donors (Lipinski definition) is 1. The first-order valence-electron chi connectivity index (χ1n) is 6.72. The van der Waals surface area contributed by atoms with Gasteiger partial charge >= 0.3 is 0 Å². The summed E-state index contributed by atoms with van der Waals surface area (Å²) < 4.78 is 5.65. The van der Waals surface area contributed by atoms with Crippen molar-refractivity contribution < 1.29 is 4.74 Å². The summed E-state index contributed by atoms with van der Waals surface area (Å²) in [5, 5.41) is 3.34. The van der Waals surface area contributed by atoms with Crippen molar-refractivity contribution in [3.05, 3.63) is 30.3 Å². The molecule has 2 nitrogen and oxygen atoms in total. The lowest BCUT2D eigenvalue weighted by atomic mass is 10.1. The maximum Gasteiger partial charge on any atom is 0.119 e. The first-order chi connectivity index (χ1) is 8.36. The lowest BCUT2D eigenvalue weighted by Crippen LogP contribution is -2.23. The van der Waals surface area contributed by atoms with Crippen molar-refractivity contribution in [1.82, 2.24) is 5.32 Å². The van der Waals surface area contributed by atoms with Gasteiger partial charge in [0.05, 0.1) is 6.61 Å². The Kier molecular flexibility index (Phi) is 7.48. The van der Waals surface area contributed by atoms with Gasteiger partial charge in [0.15, 0.2) is 0 Å². The Labute approximate surface area is 105 Å². The minimum Gasteiger partial charge on any atom is -0.494 e. The Morgan fingerprint density at radius 2 is 1.88 bits per heavy atom. The molecule has 0 heterocycles. The quantitative estimate of drug-likeness (QED) is 0.660. The second kappa shape index (κ2) is 9.06. The van der Waals surface area contributed by atoms with E-state index in [-0.39, 0.29) is 0 Å². The summed E-state index contributed by atoms with van der Waals surface area (Å²) in [7, 11) is 2.05. The molecule has 1 aromatic rings. The molecule has 0 aliphatic rings. The van der Waals surface area contributed by atoms with E-state index >= 15 is 0 Å². The van der Waals surface area contributed by atoms with E-state index < -0.39 is 0 Å². The van der Waals surface area contributed by atoms with Crippen LogP contribution in [0.15, 0.2) is 30.3 Å². The normalized spacial score (nSPS) is 12.4. The van der Waals surface area contributed by atoms with Crippen LogP contribution in [0.5, 0.6) is 5.75 Å². The molecule has 1 atom stereocenters. The molecule has 0 saturated carbocycles. The molecule has 1 N–H and O–H groups in total. The number of nitrogens with one attached hydrogen (secondary N) is 1. The van der Waals surface area contributed by atoms with Crippen LogP contribution in [0.1, 0.15) is 39.0 Å². The van der Waals surface area contributed by atoms with Gasteiger partial charge in [-0.3, -0.25) is 0 Å². The van der Waals surface area contributed by atoms with E-state index in [4.69, 9.17) is 4.74 Å². The fourth-order valence-corrected chi connectivity index (χ4v) is 1.93. The molecule has 0 radical (unpaired) electrons. The minimum atomic E-state index is 0.685. The van der Waals surface area contributed by atoms with Crippen LogP contribution in [0, 0.1) is 0 Å². The molecule has 0 aliphatic carbocycles. The summed E-state index contributed by atoms with van der Waals surface area (Å²) in [6, 6.07) is 10.7. The Bertz CT molecular complexity index is 270. The van der Waals surface area contributed by atoms with Gasteiger partial charge in [-0.2, -0.15) is 0 Å². The van der Waals surface area contributed by atoms with Gasteiger partial charge in [-0.05, 0) is 38.4 Å². The lowest BCUT2D eigenvalue weighted by molar-refractivity contribution is 0.303. The molecule has 0 amide bonds. The molecule has 17 heavy (non-hydrogen) atoms. The van der Waals surface area contributed by atoms with Crippen LogP contribution in [-0.2, 0) is 0 Å². The van der Waals surface area contributed by atoms with Crippen molar-refractivity contribution >= 4 is 0 Å². The fourth-order valence-electron chi connectivity index (χ4n) is 1.93. The van der Waals surface area contributed by atoms with E-state index in [9.17, 15) is 0 Å². The zero-order chi connectivity index (χ0) is 12.3. The first-order valence-corrected chi connectivity index (χ1v) is 6.72. The molecule has 0 aromatic heterocycles. The highest BCUT2D eigenvalue weighted by Crippen LogP contribution is 2.10. The molecule has 2 heteroatoms. The minimum absolute atomic E-state index is 0.685. The highest BCUT2D eigenvalue weighted by Gasteiger charge is 2.01. The number of rotatable bonds is 9. The molecule has 0 fully saturated rings. The smallest absolute Gasteiger partial charge is 0.119 e. The van der Waals surface area contributed by atoms with Crippen LogP contribution in [0.3, 0.4) is 0 Å². The zero-order valence-corrected chi connectivity index (χ0v) is 11.1. The maximum absolute atomic E-state index is 5.65. The molecule has 1 aromatic carbocycles. The summed E-state index contributed by atoms with van der Waals surface area (Å²) in [6.45, 7) is 3.07. The van der Waals surface area contributed by atoms with Gasteiger partial charge in [0, 0.05) is 6.04 Å². The Balaban J connectivity index is 1.98. The van der Waals surface area contributed by atoms with Crippen LogP contribution < -0.4 is 10.1 Å². The van der Waals surface area contributed by atoms with E-state index in [1.807, 2.05) is 37.4 Å². The summed E-state index contributed by atoms with van der Waals surface area (Å²) in [4.78, 5) is 0. The molecule has 1 unspecified atom stereocenters. The van der Waals surface area contributed by atoms with E-state index in [2.05, 4.69) is 12.2 Å². The largest absolute Gasteiger partial charge is 0.494 e. The molecule has 0 spiro atoms. The fraction of sp³-hybridized carbons (Fsp3) is 0.600. The summed E-state index contributed by atoms with van der Waals surface area (Å²) in [5.41, 5.74) is 0. The van der Waals surface area contributed by atoms with E-state index in [1.54, 1.807) is 0 Å². The van der Waals surface area contributed by atoms with E-state index in [0.29, 0.717) is 6.04 Å². The molecule has 0 saturated heterocycles. The molecule has 96 valence electrons. The number of ether oxygens (including phenoxy) is 1. The van der Waals surface area contributed by atoms with Gasteiger partial charge in [0.1, 0.15) is 5.75 Å². The highest BCUT2D eigenvalue weighted by molar-refractivity contribution is 5.20. The summed E-state index contributed by atoms with van der Waals surface area (Å²) in [6.07, 6.45) is 6.19. The van der Waals surface area contributed by atoms with Crippen molar-refractivity contribution in [3.8, 4) is 5.75 Å². The van der Waals surface area contributed by atoms with Gasteiger partial charge in [-0.15, -0.1) is 0 Å². The van der Waals surface area contributed by atoms with Gasteiger partial charge in [0.25, 0.3) is 0 Å². The second-order valence-corrected chi connectivity index (χ2v) is 4.40. The summed E-state index contributed by atoms with van der Waals surface area (Å²) in [5.74, 6) is 0.981. The standard InChI is InChI=1S/C15H25NO/c1-3-14(16-2)10-6-5-9-13-17-15-11-7-4-8-12-15/h4,7-8,11-12,14,16H,3,5-6,9-10,13H2,1-2H3. The Hall–Kier alpha value is -1.02. The summed E-state index contributed by atoms with van der Waals surface area (Å²) >= 11 is 0. The predicted octanol–water partition coefficient (Wildman–Crippen LogP) is 3.62. The Morgan fingerprint density at radius 1 is 1.12 bits per heavy atom. The third kappa shape index (κ3) is 6.32. The number of benzene rings is 1. The van der Waals surface area contributed by atoms with Crippen molar-refractivity contribution in [2.45, 2.75) is 45.1 Å². The van der Waals surface area contributed by atoms with Gasteiger partial charge < -0.3 is 10.1 Å². The third-order valence-electron chi connectivity index (χ3n) is 3.11. The molecule has 0 aliphatic heterocycles. The van der Waals surface area contributed by atoms with Crippen LogP contribution >= 0.6 is 0 Å². The highest BCUT2D eigenvalue weighted by atomic mass is 16.5. The first kappa shape index (κ1) is 14.0. The molecule has 1 rings (SSSR count). The van der Waals surface area contributed by atoms with Crippen LogP contribution in [0.2, 0.25) is 0 Å². The molecule has 0 bridgehead atoms. The van der Waals surface area contributed by atoms with Gasteiger partial charge in [0.2, 0.25) is 0 Å². The monoisotopic (exact) mass is 235 g/mol. The third-order valence-corrected chi connectivity index (χ3v) is 3.11. The van der Waals surface area contributed by atoms with Crippen molar-refractivity contribution in [3.63, 3.8) is 0 Å². The average Bonchev–Trinajstić information content (AvgIpc) is 2.39. The number of unbranched alkanes of at least 4 members (excludes halogenated alkanes) is 2. The average molecular weight is 235 g/mol. The van der Waals surface area contributed by atoms with Gasteiger partial charge in [-0.1, -0.05) is 38.0 Å². The number of para-hydroxylation sites is 1. The Morgan fingerprint density at radius 3 is 2.53 bits per heavy atom. The van der Waals surface area contributed by atoms with Gasteiger partial charge in [-0.25, -0.2) is 0 Å². The van der Waals surface area contributed by atoms with Crippen molar-refractivity contribution in [2.24, 2.45) is 0 Å². The predicted molar refractivity (Wildman–Crippen MR) is 73.5 cm³/mol. The molecular weight excluding hydrogens is 210 g/mol. The van der Waals surface area contributed by atoms with Crippen molar-refractivity contribution in [2.75, 3.05) is 13.7 Å². The maximum atomic E-state index is 5.65. The van der Waals surface area contributed by atoms with E-state index in [1.165, 1.54) is 25.7 Å². The lowest BCUT2D eigenvalue weighted by Gasteiger charge is -2.13. The topological polar surface area (TPSA) is 21.3 Å². The van der Waals surface area contributed by atoms with Crippen molar-refractivity contribution in [1.29, 1.82) is 0 Å². The van der Waals surface area contributed by atoms with E-state index in [0.717, 1.165) is 18.8 Å². The van der Waals surface area contributed by atoms with Crippen LogP contribution in [0.25, 0.3) is 0 Å². The SMILES string of the molecule is CCC(CCCCCOc1ccccc1)NC. The molecular formula is C15H25NO. The van der Waals surface area contributed by atoms with Crippen LogP contribution in [0.4, 0.5) is 0 Å². The van der Waals surface area contributed by atoms with Crippen LogP contribution in [-0.4, -0.2) is 19.7 Å². The zero-order valence-electron chi connectivity index (χ0n) is 11.1. The second-order valence-electron chi connectivity index (χ2n) is 4.40. The number of hydrogen-bond acceptors (Lipinski definition) is 2.